The van der Waals surface area contributed by atoms with E-state index in [9.17, 15) is 5.21 Å². The van der Waals surface area contributed by atoms with Gasteiger partial charge in [-0.3, -0.25) is 0 Å². The summed E-state index contributed by atoms with van der Waals surface area (Å²) in [7, 11) is 1.55. The molecular formula is C13H9ClN2O2. The van der Waals surface area contributed by atoms with Gasteiger partial charge < -0.3 is 9.94 Å². The molecule has 2 aromatic rings. The quantitative estimate of drug-likeness (QED) is 0.616. The summed E-state index contributed by atoms with van der Waals surface area (Å²) in [5.74, 6) is 0.647. The molecule has 5 heteroatoms. The number of aromatic nitrogens is 1. The molecule has 0 bridgehead atoms. The molecule has 0 aliphatic heterocycles. The van der Waals surface area contributed by atoms with E-state index in [0.29, 0.717) is 21.6 Å². The lowest BCUT2D eigenvalue weighted by Gasteiger charge is -2.07. The second-order valence-electron chi connectivity index (χ2n) is 3.60. The van der Waals surface area contributed by atoms with Gasteiger partial charge in [-0.05, 0) is 17.7 Å². The highest BCUT2D eigenvalue weighted by Gasteiger charge is 2.14. The minimum atomic E-state index is 0.132. The molecule has 0 spiro atoms. The molecule has 0 fully saturated rings. The predicted molar refractivity (Wildman–Crippen MR) is 67.1 cm³/mol. The lowest BCUT2D eigenvalue weighted by molar-refractivity contribution is -0.604. The number of methoxy groups -OCH3 is 1. The van der Waals surface area contributed by atoms with Crippen LogP contribution < -0.4 is 9.47 Å². The molecule has 90 valence electrons. The van der Waals surface area contributed by atoms with E-state index in [2.05, 4.69) is 0 Å². The number of nitriles is 1. The van der Waals surface area contributed by atoms with E-state index in [-0.39, 0.29) is 10.6 Å². The first kappa shape index (κ1) is 12.2. The smallest absolute Gasteiger partial charge is 0.200 e. The van der Waals surface area contributed by atoms with Crippen molar-refractivity contribution in [3.63, 3.8) is 0 Å². The van der Waals surface area contributed by atoms with Crippen molar-refractivity contribution in [3.05, 3.63) is 52.5 Å². The molecule has 0 saturated heterocycles. The number of ether oxygens (including phenoxy) is 1. The number of pyridine rings is 1. The molecule has 0 unspecified atom stereocenters. The van der Waals surface area contributed by atoms with Crippen LogP contribution in [0.1, 0.15) is 5.56 Å². The minimum Gasteiger partial charge on any atom is -0.619 e. The highest BCUT2D eigenvalue weighted by Crippen LogP contribution is 2.28. The van der Waals surface area contributed by atoms with Crippen LogP contribution in [0.4, 0.5) is 0 Å². The third-order valence-electron chi connectivity index (χ3n) is 2.50. The van der Waals surface area contributed by atoms with Gasteiger partial charge in [0, 0.05) is 0 Å². The fourth-order valence-corrected chi connectivity index (χ4v) is 1.90. The SMILES string of the molecule is COc1cccc(-c2c[n+]([O-])cc(Cl)c2C#N)c1. The van der Waals surface area contributed by atoms with E-state index in [0.717, 1.165) is 6.20 Å². The van der Waals surface area contributed by atoms with Crippen molar-refractivity contribution in [2.45, 2.75) is 0 Å². The van der Waals surface area contributed by atoms with Gasteiger partial charge in [-0.25, -0.2) is 0 Å². The topological polar surface area (TPSA) is 60.0 Å². The second-order valence-corrected chi connectivity index (χ2v) is 4.01. The summed E-state index contributed by atoms with van der Waals surface area (Å²) in [6.45, 7) is 0. The van der Waals surface area contributed by atoms with Crippen molar-refractivity contribution in [2.75, 3.05) is 7.11 Å². The van der Waals surface area contributed by atoms with Crippen molar-refractivity contribution in [1.82, 2.24) is 0 Å². The summed E-state index contributed by atoms with van der Waals surface area (Å²) in [5.41, 5.74) is 1.47. The molecule has 1 heterocycles. The molecule has 1 aromatic carbocycles. The Morgan fingerprint density at radius 2 is 2.17 bits per heavy atom. The van der Waals surface area contributed by atoms with Crippen molar-refractivity contribution < 1.29 is 9.47 Å². The largest absolute Gasteiger partial charge is 0.619 e. The van der Waals surface area contributed by atoms with Crippen LogP contribution in [0.5, 0.6) is 5.75 Å². The maximum atomic E-state index is 11.4. The van der Waals surface area contributed by atoms with Crippen LogP contribution in [-0.4, -0.2) is 7.11 Å². The van der Waals surface area contributed by atoms with Crippen molar-refractivity contribution >= 4 is 11.6 Å². The van der Waals surface area contributed by atoms with Crippen molar-refractivity contribution in [2.24, 2.45) is 0 Å². The molecule has 1 aromatic heterocycles. The highest BCUT2D eigenvalue weighted by molar-refractivity contribution is 6.31. The monoisotopic (exact) mass is 260 g/mol. The normalized spacial score (nSPS) is 9.83. The standard InChI is InChI=1S/C13H9ClN2O2/c1-18-10-4-2-3-9(5-10)12-7-16(17)8-13(14)11(12)6-15/h2-5,7-8H,1H3. The zero-order valence-corrected chi connectivity index (χ0v) is 10.3. The van der Waals surface area contributed by atoms with Crippen LogP contribution in [-0.2, 0) is 0 Å². The Morgan fingerprint density at radius 1 is 1.39 bits per heavy atom. The average molecular weight is 261 g/mol. The second kappa shape index (κ2) is 4.94. The van der Waals surface area contributed by atoms with E-state index in [1.165, 1.54) is 6.20 Å². The van der Waals surface area contributed by atoms with E-state index < -0.39 is 0 Å². The van der Waals surface area contributed by atoms with E-state index in [1.54, 1.807) is 31.4 Å². The van der Waals surface area contributed by atoms with Gasteiger partial charge in [-0.15, -0.1) is 0 Å². The van der Waals surface area contributed by atoms with Gasteiger partial charge in [0.25, 0.3) is 0 Å². The van der Waals surface area contributed by atoms with Crippen LogP contribution in [0, 0.1) is 16.5 Å². The van der Waals surface area contributed by atoms with E-state index >= 15 is 0 Å². The van der Waals surface area contributed by atoms with Crippen LogP contribution in [0.25, 0.3) is 11.1 Å². The molecule has 0 radical (unpaired) electrons. The summed E-state index contributed by atoms with van der Waals surface area (Å²) in [5, 5.41) is 20.6. The Bertz CT molecular complexity index is 635. The molecule has 2 rings (SSSR count). The van der Waals surface area contributed by atoms with Crippen LogP contribution in [0.2, 0.25) is 5.02 Å². The Hall–Kier alpha value is -2.25. The van der Waals surface area contributed by atoms with Gasteiger partial charge in [-0.2, -0.15) is 9.99 Å². The first-order chi connectivity index (χ1) is 8.65. The molecule has 0 saturated carbocycles. The summed E-state index contributed by atoms with van der Waals surface area (Å²) >= 11 is 5.88. The third kappa shape index (κ3) is 2.22. The van der Waals surface area contributed by atoms with Crippen molar-refractivity contribution in [1.29, 1.82) is 5.26 Å². The number of benzene rings is 1. The third-order valence-corrected chi connectivity index (χ3v) is 2.78. The average Bonchev–Trinajstić information content (AvgIpc) is 2.38. The zero-order valence-electron chi connectivity index (χ0n) is 9.55. The maximum Gasteiger partial charge on any atom is 0.200 e. The zero-order chi connectivity index (χ0) is 13.1. The van der Waals surface area contributed by atoms with Crippen LogP contribution in [0.3, 0.4) is 0 Å². The molecule has 18 heavy (non-hydrogen) atoms. The molecule has 0 amide bonds. The molecule has 0 atom stereocenters. The van der Waals surface area contributed by atoms with Gasteiger partial charge in [0.05, 0.1) is 18.2 Å². The van der Waals surface area contributed by atoms with Gasteiger partial charge in [-0.1, -0.05) is 23.7 Å². The van der Waals surface area contributed by atoms with Gasteiger partial charge in [0.1, 0.15) is 16.8 Å². The van der Waals surface area contributed by atoms with E-state index in [4.69, 9.17) is 21.6 Å². The minimum absolute atomic E-state index is 0.132. The van der Waals surface area contributed by atoms with Crippen LogP contribution in [0.15, 0.2) is 36.7 Å². The molecular weight excluding hydrogens is 252 g/mol. The van der Waals surface area contributed by atoms with Gasteiger partial charge >= 0.3 is 0 Å². The summed E-state index contributed by atoms with van der Waals surface area (Å²) in [6.07, 6.45) is 2.48. The first-order valence-corrected chi connectivity index (χ1v) is 5.50. The van der Waals surface area contributed by atoms with E-state index in [1.807, 2.05) is 6.07 Å². The Labute approximate surface area is 109 Å². The number of halogens is 1. The van der Waals surface area contributed by atoms with Crippen molar-refractivity contribution in [3.8, 4) is 22.9 Å². The molecule has 4 nitrogen and oxygen atoms in total. The first-order valence-electron chi connectivity index (χ1n) is 5.12. The fourth-order valence-electron chi connectivity index (χ4n) is 1.66. The Kier molecular flexibility index (Phi) is 3.35. The summed E-state index contributed by atoms with van der Waals surface area (Å²) < 4.78 is 5.69. The molecule has 0 aliphatic carbocycles. The molecule has 0 N–H and O–H groups in total. The number of hydrogen-bond acceptors (Lipinski definition) is 3. The Balaban J connectivity index is 2.66. The Morgan fingerprint density at radius 3 is 2.83 bits per heavy atom. The lowest BCUT2D eigenvalue weighted by Crippen LogP contribution is -2.25. The highest BCUT2D eigenvalue weighted by atomic mass is 35.5. The number of hydrogen-bond donors (Lipinski definition) is 0. The summed E-state index contributed by atoms with van der Waals surface area (Å²) in [4.78, 5) is 0. The number of nitrogens with zero attached hydrogens (tertiary/aromatic N) is 2. The predicted octanol–water partition coefficient (Wildman–Crippen LogP) is 2.52. The number of rotatable bonds is 2. The summed E-state index contributed by atoms with van der Waals surface area (Å²) in [6, 6.07) is 9.10. The van der Waals surface area contributed by atoms with Gasteiger partial charge in [0.2, 0.25) is 0 Å². The van der Waals surface area contributed by atoms with Gasteiger partial charge in [0.15, 0.2) is 12.4 Å². The fraction of sp³-hybridized carbons (Fsp3) is 0.0769. The van der Waals surface area contributed by atoms with Crippen LogP contribution >= 0.6 is 11.6 Å². The lowest BCUT2D eigenvalue weighted by atomic mass is 10.0. The maximum absolute atomic E-state index is 11.4. The molecule has 0 aliphatic rings.